The molecule has 32 heavy (non-hydrogen) atoms. The Morgan fingerprint density at radius 3 is 2.56 bits per heavy atom. The number of alkyl halides is 6. The van der Waals surface area contributed by atoms with E-state index in [1.54, 1.807) is 6.07 Å². The monoisotopic (exact) mass is 460 g/mol. The minimum Gasteiger partial charge on any atom is -0.497 e. The summed E-state index contributed by atoms with van der Waals surface area (Å²) in [4.78, 5) is 17.0. The van der Waals surface area contributed by atoms with Crippen LogP contribution in [0.1, 0.15) is 16.8 Å². The zero-order valence-electron chi connectivity index (χ0n) is 16.3. The fourth-order valence-electron chi connectivity index (χ4n) is 3.00. The van der Waals surface area contributed by atoms with Gasteiger partial charge in [0.2, 0.25) is 5.91 Å². The molecule has 1 aliphatic rings. The van der Waals surface area contributed by atoms with Crippen LogP contribution in [0.3, 0.4) is 0 Å². The molecule has 2 heterocycles. The first-order valence-electron chi connectivity index (χ1n) is 8.90. The molecule has 0 bridgehead atoms. The second kappa shape index (κ2) is 8.45. The standard InChI is InChI=1S/C19H14F6N4O3/c1-31-10-2-3-13-14(6-10)32-5-4-29(13)16(30)9-27-17-11(8-26)12(18(20,21)22)7-15(28-17)19(23,24)25/h2-3,6-7H,4-5,9H2,1H3,(H,27,28). The van der Waals surface area contributed by atoms with Gasteiger partial charge in [-0.3, -0.25) is 4.79 Å². The Hall–Kier alpha value is -3.69. The zero-order valence-corrected chi connectivity index (χ0v) is 16.3. The summed E-state index contributed by atoms with van der Waals surface area (Å²) in [6, 6.07) is 5.58. The van der Waals surface area contributed by atoms with E-state index in [1.807, 2.05) is 0 Å². The predicted octanol–water partition coefficient (Wildman–Crippen LogP) is 3.84. The van der Waals surface area contributed by atoms with Gasteiger partial charge in [-0.2, -0.15) is 31.6 Å². The summed E-state index contributed by atoms with van der Waals surface area (Å²) >= 11 is 0. The fourth-order valence-corrected chi connectivity index (χ4v) is 3.00. The number of hydrogen-bond donors (Lipinski definition) is 1. The molecule has 0 aliphatic carbocycles. The molecule has 0 fully saturated rings. The van der Waals surface area contributed by atoms with Crippen LogP contribution in [0.25, 0.3) is 0 Å². The van der Waals surface area contributed by atoms with Crippen LogP contribution in [0, 0.1) is 11.3 Å². The molecule has 1 aromatic heterocycles. The van der Waals surface area contributed by atoms with Gasteiger partial charge in [0.1, 0.15) is 41.3 Å². The van der Waals surface area contributed by atoms with Crippen LogP contribution in [-0.2, 0) is 17.1 Å². The Bertz CT molecular complexity index is 1080. The smallest absolute Gasteiger partial charge is 0.433 e. The van der Waals surface area contributed by atoms with E-state index in [0.29, 0.717) is 17.2 Å². The van der Waals surface area contributed by atoms with Crippen LogP contribution in [0.4, 0.5) is 37.8 Å². The van der Waals surface area contributed by atoms with Crippen LogP contribution in [-0.4, -0.2) is 37.7 Å². The number of ether oxygens (including phenoxy) is 2. The summed E-state index contributed by atoms with van der Waals surface area (Å²) in [5, 5.41) is 11.3. The van der Waals surface area contributed by atoms with Crippen molar-refractivity contribution in [2.45, 2.75) is 12.4 Å². The average Bonchev–Trinajstić information content (AvgIpc) is 2.74. The highest BCUT2D eigenvalue weighted by Crippen LogP contribution is 2.39. The molecule has 1 aromatic carbocycles. The number of anilines is 2. The van der Waals surface area contributed by atoms with Gasteiger partial charge >= 0.3 is 12.4 Å². The number of rotatable bonds is 4. The zero-order chi connectivity index (χ0) is 23.7. The summed E-state index contributed by atoms with van der Waals surface area (Å²) in [6.45, 7) is -0.518. The number of hydrogen-bond acceptors (Lipinski definition) is 6. The van der Waals surface area contributed by atoms with Crippen LogP contribution in [0.5, 0.6) is 11.5 Å². The Morgan fingerprint density at radius 1 is 1.25 bits per heavy atom. The van der Waals surface area contributed by atoms with Gasteiger partial charge in [-0.05, 0) is 18.2 Å². The van der Waals surface area contributed by atoms with E-state index < -0.39 is 47.4 Å². The van der Waals surface area contributed by atoms with Crippen molar-refractivity contribution in [3.05, 3.63) is 41.1 Å². The van der Waals surface area contributed by atoms with Crippen molar-refractivity contribution < 1.29 is 40.6 Å². The van der Waals surface area contributed by atoms with Crippen LogP contribution < -0.4 is 19.7 Å². The fraction of sp³-hybridized carbons (Fsp3) is 0.316. The normalized spacial score (nSPS) is 13.6. The SMILES string of the molecule is COc1ccc2c(c1)OCCN2C(=O)CNc1nc(C(F)(F)F)cc(C(F)(F)F)c1C#N. The minimum absolute atomic E-state index is 0.0920. The van der Waals surface area contributed by atoms with Gasteiger partial charge in [0.15, 0.2) is 0 Å². The highest BCUT2D eigenvalue weighted by Gasteiger charge is 2.41. The number of nitrogens with zero attached hydrogens (tertiary/aromatic N) is 3. The molecule has 1 amide bonds. The summed E-state index contributed by atoms with van der Waals surface area (Å²) in [7, 11) is 1.43. The third-order valence-corrected chi connectivity index (χ3v) is 4.47. The summed E-state index contributed by atoms with van der Waals surface area (Å²) in [6.07, 6.45) is -10.4. The molecule has 0 saturated carbocycles. The maximum Gasteiger partial charge on any atom is 0.433 e. The summed E-state index contributed by atoms with van der Waals surface area (Å²) in [5.74, 6) is -0.900. The molecular formula is C19H14F6N4O3. The molecule has 0 unspecified atom stereocenters. The first kappa shape index (κ1) is 23.0. The number of carbonyl (C=O) groups excluding carboxylic acids is 1. The number of aromatic nitrogens is 1. The second-order valence-electron chi connectivity index (χ2n) is 6.47. The van der Waals surface area contributed by atoms with E-state index in [9.17, 15) is 31.1 Å². The van der Waals surface area contributed by atoms with E-state index in [-0.39, 0.29) is 19.2 Å². The molecule has 0 radical (unpaired) electrons. The topological polar surface area (TPSA) is 87.5 Å². The van der Waals surface area contributed by atoms with Crippen LogP contribution in [0.2, 0.25) is 0 Å². The number of pyridine rings is 1. The first-order valence-corrected chi connectivity index (χ1v) is 8.90. The van der Waals surface area contributed by atoms with Crippen molar-refractivity contribution in [3.63, 3.8) is 0 Å². The lowest BCUT2D eigenvalue weighted by Crippen LogP contribution is -2.41. The highest BCUT2D eigenvalue weighted by atomic mass is 19.4. The molecule has 3 rings (SSSR count). The van der Waals surface area contributed by atoms with E-state index in [2.05, 4.69) is 10.3 Å². The molecule has 13 heteroatoms. The molecule has 0 atom stereocenters. The van der Waals surface area contributed by atoms with Crippen molar-refractivity contribution in [1.29, 1.82) is 5.26 Å². The molecular weight excluding hydrogens is 446 g/mol. The van der Waals surface area contributed by atoms with Crippen molar-refractivity contribution in [1.82, 2.24) is 4.98 Å². The number of fused-ring (bicyclic) bond motifs is 1. The average molecular weight is 460 g/mol. The van der Waals surface area contributed by atoms with Gasteiger partial charge in [0, 0.05) is 6.07 Å². The number of nitriles is 1. The van der Waals surface area contributed by atoms with Gasteiger partial charge < -0.3 is 19.7 Å². The summed E-state index contributed by atoms with van der Waals surface area (Å²) < 4.78 is 89.3. The lowest BCUT2D eigenvalue weighted by Gasteiger charge is -2.30. The molecule has 2 aromatic rings. The lowest BCUT2D eigenvalue weighted by molar-refractivity contribution is -0.145. The molecule has 1 N–H and O–H groups in total. The maximum absolute atomic E-state index is 13.2. The second-order valence-corrected chi connectivity index (χ2v) is 6.47. The molecule has 170 valence electrons. The molecule has 0 saturated heterocycles. The highest BCUT2D eigenvalue weighted by molar-refractivity contribution is 5.98. The Labute approximate surface area is 177 Å². The minimum atomic E-state index is -5.24. The number of amides is 1. The quantitative estimate of drug-likeness (QED) is 0.698. The number of carbonyl (C=O) groups is 1. The Kier molecular flexibility index (Phi) is 6.07. The van der Waals surface area contributed by atoms with Crippen molar-refractivity contribution in [2.75, 3.05) is 37.0 Å². The largest absolute Gasteiger partial charge is 0.497 e. The van der Waals surface area contributed by atoms with E-state index in [1.165, 1.54) is 30.2 Å². The van der Waals surface area contributed by atoms with Gasteiger partial charge in [-0.15, -0.1) is 0 Å². The third-order valence-electron chi connectivity index (χ3n) is 4.47. The number of nitrogens with one attached hydrogen (secondary N) is 1. The number of halogens is 6. The van der Waals surface area contributed by atoms with E-state index in [0.717, 1.165) is 0 Å². The van der Waals surface area contributed by atoms with Crippen molar-refractivity contribution in [3.8, 4) is 17.6 Å². The van der Waals surface area contributed by atoms with E-state index in [4.69, 9.17) is 14.7 Å². The number of methoxy groups -OCH3 is 1. The van der Waals surface area contributed by atoms with Gasteiger partial charge in [0.05, 0.1) is 31.5 Å². The Morgan fingerprint density at radius 2 is 1.97 bits per heavy atom. The van der Waals surface area contributed by atoms with Crippen LogP contribution >= 0.6 is 0 Å². The predicted molar refractivity (Wildman–Crippen MR) is 98.3 cm³/mol. The maximum atomic E-state index is 13.2. The molecule has 0 spiro atoms. The molecule has 7 nitrogen and oxygen atoms in total. The Balaban J connectivity index is 1.90. The van der Waals surface area contributed by atoms with Gasteiger partial charge in [-0.25, -0.2) is 4.98 Å². The van der Waals surface area contributed by atoms with Crippen molar-refractivity contribution in [2.24, 2.45) is 0 Å². The lowest BCUT2D eigenvalue weighted by atomic mass is 10.1. The third kappa shape index (κ3) is 4.63. The van der Waals surface area contributed by atoms with Crippen molar-refractivity contribution >= 4 is 17.4 Å². The molecule has 1 aliphatic heterocycles. The first-order chi connectivity index (χ1) is 15.0. The van der Waals surface area contributed by atoms with Crippen LogP contribution in [0.15, 0.2) is 24.3 Å². The van der Waals surface area contributed by atoms with Gasteiger partial charge in [0.25, 0.3) is 0 Å². The van der Waals surface area contributed by atoms with E-state index >= 15 is 0 Å². The number of benzene rings is 1. The summed E-state index contributed by atoms with van der Waals surface area (Å²) in [5.41, 5.74) is -4.45. The van der Waals surface area contributed by atoms with Gasteiger partial charge in [-0.1, -0.05) is 0 Å².